The van der Waals surface area contributed by atoms with Crippen molar-refractivity contribution in [1.29, 1.82) is 0 Å². The molecule has 6 nitrogen and oxygen atoms in total. The minimum Gasteiger partial charge on any atom is -0.396 e. The summed E-state index contributed by atoms with van der Waals surface area (Å²) in [5.74, 6) is 0. The van der Waals surface area contributed by atoms with E-state index in [1.54, 1.807) is 12.1 Å². The van der Waals surface area contributed by atoms with Gasteiger partial charge in [-0.05, 0) is 36.1 Å². The van der Waals surface area contributed by atoms with Crippen molar-refractivity contribution >= 4 is 19.7 Å². The monoisotopic (exact) mass is 353 g/mol. The van der Waals surface area contributed by atoms with Gasteiger partial charge < -0.3 is 26.1 Å². The molecule has 7 heteroatoms. The summed E-state index contributed by atoms with van der Waals surface area (Å²) >= 11 is 0. The maximum atomic E-state index is 11.2. The SMILES string of the molecule is [B]NC(=O)Nc1ccc(C[C@@H](CCO)NC[C@H](O)c2ccccc2)cc1. The first kappa shape index (κ1) is 20.0. The van der Waals surface area contributed by atoms with E-state index in [9.17, 15) is 15.0 Å². The smallest absolute Gasteiger partial charge is 0.306 e. The summed E-state index contributed by atoms with van der Waals surface area (Å²) in [4.78, 5) is 11.2. The molecule has 0 bridgehead atoms. The number of hydrogen-bond donors (Lipinski definition) is 5. The summed E-state index contributed by atoms with van der Waals surface area (Å²) in [6, 6.07) is 16.4. The fraction of sp³-hybridized carbons (Fsp3) is 0.316. The Bertz CT molecular complexity index is 667. The number of rotatable bonds is 9. The van der Waals surface area contributed by atoms with Gasteiger partial charge >= 0.3 is 6.03 Å². The molecule has 2 rings (SSSR count). The maximum absolute atomic E-state index is 11.2. The lowest BCUT2D eigenvalue weighted by molar-refractivity contribution is 0.165. The molecule has 136 valence electrons. The van der Waals surface area contributed by atoms with Crippen molar-refractivity contribution in [3.05, 3.63) is 65.7 Å². The van der Waals surface area contributed by atoms with Crippen molar-refractivity contribution in [3.8, 4) is 0 Å². The Labute approximate surface area is 155 Å². The minimum absolute atomic E-state index is 0.0320. The van der Waals surface area contributed by atoms with Crippen LogP contribution in [0.3, 0.4) is 0 Å². The molecule has 0 unspecified atom stereocenters. The average Bonchev–Trinajstić information content (AvgIpc) is 2.68. The lowest BCUT2D eigenvalue weighted by Gasteiger charge is -2.20. The largest absolute Gasteiger partial charge is 0.396 e. The van der Waals surface area contributed by atoms with Crippen LogP contribution in [0.4, 0.5) is 10.5 Å². The third kappa shape index (κ3) is 6.52. The van der Waals surface area contributed by atoms with E-state index in [-0.39, 0.29) is 12.6 Å². The highest BCUT2D eigenvalue weighted by Crippen LogP contribution is 2.14. The van der Waals surface area contributed by atoms with E-state index < -0.39 is 12.1 Å². The topological polar surface area (TPSA) is 93.6 Å². The molecule has 0 heterocycles. The maximum Gasteiger partial charge on any atom is 0.306 e. The van der Waals surface area contributed by atoms with Crippen LogP contribution >= 0.6 is 0 Å². The van der Waals surface area contributed by atoms with Crippen molar-refractivity contribution < 1.29 is 15.0 Å². The highest BCUT2D eigenvalue weighted by molar-refractivity contribution is 6.16. The summed E-state index contributed by atoms with van der Waals surface area (Å²) in [6.45, 7) is 0.473. The molecule has 0 aliphatic heterocycles. The Morgan fingerprint density at radius 1 is 1.08 bits per heavy atom. The van der Waals surface area contributed by atoms with Crippen molar-refractivity contribution in [2.45, 2.75) is 25.0 Å². The lowest BCUT2D eigenvalue weighted by Crippen LogP contribution is -2.35. The molecule has 2 amide bonds. The first-order valence-electron chi connectivity index (χ1n) is 8.56. The zero-order chi connectivity index (χ0) is 18.8. The van der Waals surface area contributed by atoms with Gasteiger partial charge in [0.05, 0.1) is 6.10 Å². The molecule has 5 N–H and O–H groups in total. The number of aliphatic hydroxyl groups is 2. The Morgan fingerprint density at radius 3 is 2.38 bits per heavy atom. The number of carbonyl (C=O) groups is 1. The molecule has 0 saturated carbocycles. The van der Waals surface area contributed by atoms with Crippen LogP contribution in [0, 0.1) is 0 Å². The number of aliphatic hydroxyl groups excluding tert-OH is 2. The van der Waals surface area contributed by atoms with Gasteiger partial charge in [-0.2, -0.15) is 0 Å². The Balaban J connectivity index is 1.89. The molecule has 0 fully saturated rings. The van der Waals surface area contributed by atoms with Crippen LogP contribution in [-0.2, 0) is 6.42 Å². The highest BCUT2D eigenvalue weighted by atomic mass is 16.3. The van der Waals surface area contributed by atoms with E-state index in [4.69, 9.17) is 7.98 Å². The van der Waals surface area contributed by atoms with Gasteiger partial charge in [0.25, 0.3) is 0 Å². The van der Waals surface area contributed by atoms with Crippen molar-refractivity contribution in [3.63, 3.8) is 0 Å². The quantitative estimate of drug-likeness (QED) is 0.442. The molecule has 0 aliphatic carbocycles. The number of hydrogen-bond acceptors (Lipinski definition) is 4. The van der Waals surface area contributed by atoms with Crippen molar-refractivity contribution in [2.75, 3.05) is 18.5 Å². The molecule has 0 aromatic heterocycles. The van der Waals surface area contributed by atoms with Gasteiger partial charge in [-0.15, -0.1) is 0 Å². The third-order valence-electron chi connectivity index (χ3n) is 4.09. The van der Waals surface area contributed by atoms with Gasteiger partial charge in [-0.1, -0.05) is 42.5 Å². The van der Waals surface area contributed by atoms with Crippen LogP contribution in [0.2, 0.25) is 0 Å². The first-order chi connectivity index (χ1) is 12.6. The van der Waals surface area contributed by atoms with Gasteiger partial charge in [0.15, 0.2) is 0 Å². The zero-order valence-corrected chi connectivity index (χ0v) is 14.6. The average molecular weight is 353 g/mol. The second-order valence-corrected chi connectivity index (χ2v) is 6.04. The summed E-state index contributed by atoms with van der Waals surface area (Å²) < 4.78 is 0. The molecule has 0 spiro atoms. The predicted molar refractivity (Wildman–Crippen MR) is 103 cm³/mol. The van der Waals surface area contributed by atoms with Crippen LogP contribution in [0.1, 0.15) is 23.7 Å². The fourth-order valence-corrected chi connectivity index (χ4v) is 2.68. The van der Waals surface area contributed by atoms with Gasteiger partial charge in [-0.25, -0.2) is 4.79 Å². The third-order valence-corrected chi connectivity index (χ3v) is 4.09. The van der Waals surface area contributed by atoms with Gasteiger partial charge in [0.2, 0.25) is 7.98 Å². The van der Waals surface area contributed by atoms with Crippen LogP contribution in [0.15, 0.2) is 54.6 Å². The van der Waals surface area contributed by atoms with Crippen LogP contribution in [-0.4, -0.2) is 43.4 Å². The molecule has 26 heavy (non-hydrogen) atoms. The molecule has 2 aromatic carbocycles. The van der Waals surface area contributed by atoms with Crippen molar-refractivity contribution in [2.24, 2.45) is 0 Å². The highest BCUT2D eigenvalue weighted by Gasteiger charge is 2.13. The van der Waals surface area contributed by atoms with E-state index in [0.29, 0.717) is 25.1 Å². The number of carbonyl (C=O) groups excluding carboxylic acids is 1. The summed E-state index contributed by atoms with van der Waals surface area (Å²) in [5, 5.41) is 27.5. The Hall–Kier alpha value is -2.35. The van der Waals surface area contributed by atoms with E-state index >= 15 is 0 Å². The van der Waals surface area contributed by atoms with Crippen LogP contribution in [0.25, 0.3) is 0 Å². The van der Waals surface area contributed by atoms with E-state index in [0.717, 1.165) is 11.1 Å². The Morgan fingerprint density at radius 2 is 1.77 bits per heavy atom. The van der Waals surface area contributed by atoms with Crippen LogP contribution < -0.4 is 15.9 Å². The standard InChI is InChI=1S/C19H24BN3O3/c20-23-19(26)22-16-8-6-14(7-9-16)12-17(10-11-24)21-13-18(25)15-4-2-1-3-5-15/h1-9,17-18,21,24-25H,10-13H2,(H2,22,23,26)/t17-,18+/m1/s1. The van der Waals surface area contributed by atoms with E-state index in [1.165, 1.54) is 0 Å². The van der Waals surface area contributed by atoms with Gasteiger partial charge in [0, 0.05) is 24.9 Å². The molecule has 2 radical (unpaired) electrons. The first-order valence-corrected chi connectivity index (χ1v) is 8.56. The minimum atomic E-state index is -0.598. The number of nitrogens with one attached hydrogen (secondary N) is 3. The second-order valence-electron chi connectivity index (χ2n) is 6.04. The normalized spacial score (nSPS) is 13.0. The summed E-state index contributed by atoms with van der Waals surface area (Å²) in [5.41, 5.74) is 2.56. The van der Waals surface area contributed by atoms with Crippen molar-refractivity contribution in [1.82, 2.24) is 10.5 Å². The molecular formula is C19H24BN3O3. The fourth-order valence-electron chi connectivity index (χ4n) is 2.68. The van der Waals surface area contributed by atoms with Crippen LogP contribution in [0.5, 0.6) is 0 Å². The molecule has 2 aromatic rings. The summed E-state index contributed by atoms with van der Waals surface area (Å²) in [6.07, 6.45) is 0.682. The number of benzene rings is 2. The number of anilines is 1. The summed E-state index contributed by atoms with van der Waals surface area (Å²) in [7, 11) is 5.03. The molecule has 0 aliphatic rings. The molecular weight excluding hydrogens is 329 g/mol. The zero-order valence-electron chi connectivity index (χ0n) is 14.6. The molecule has 2 atom stereocenters. The van der Waals surface area contributed by atoms with Gasteiger partial charge in [-0.3, -0.25) is 0 Å². The van der Waals surface area contributed by atoms with Gasteiger partial charge in [0.1, 0.15) is 0 Å². The second kappa shape index (κ2) is 10.6. The van der Waals surface area contributed by atoms with E-state index in [1.807, 2.05) is 47.7 Å². The number of amides is 2. The lowest BCUT2D eigenvalue weighted by atomic mass is 10.0. The van der Waals surface area contributed by atoms with E-state index in [2.05, 4.69) is 10.6 Å². The number of urea groups is 1. The Kier molecular flexibility index (Phi) is 8.14. The molecule has 0 saturated heterocycles. The predicted octanol–water partition coefficient (Wildman–Crippen LogP) is 1.51.